The summed E-state index contributed by atoms with van der Waals surface area (Å²) < 4.78 is 22.8. The van der Waals surface area contributed by atoms with Crippen LogP contribution in [0, 0.1) is 0 Å². The lowest BCUT2D eigenvalue weighted by molar-refractivity contribution is -0.336. The molecule has 0 unspecified atom stereocenters. The van der Waals surface area contributed by atoms with Gasteiger partial charge in [-0.1, -0.05) is 0 Å². The van der Waals surface area contributed by atoms with Crippen LogP contribution in [0.15, 0.2) is 45.6 Å². The Balaban J connectivity index is 1.57. The number of aliphatic hydroxyl groups is 5. The quantitative estimate of drug-likeness (QED) is 0.210. The molecule has 0 spiro atoms. The highest BCUT2D eigenvalue weighted by atomic mass is 16.7. The Hall–Kier alpha value is -3.27. The van der Waals surface area contributed by atoms with Crippen molar-refractivity contribution in [3.63, 3.8) is 0 Å². The first kappa shape index (κ1) is 28.3. The maximum atomic E-state index is 13.1. The molecule has 10 atom stereocenters. The van der Waals surface area contributed by atoms with E-state index in [1.165, 1.54) is 38.1 Å². The van der Waals surface area contributed by atoms with E-state index < -0.39 is 78.2 Å². The molecular formula is C27H30O13. The highest BCUT2D eigenvalue weighted by molar-refractivity contribution is 5.88. The molecular weight excluding hydrogens is 532 g/mol. The summed E-state index contributed by atoms with van der Waals surface area (Å²) in [6.07, 6.45) is -14.8. The fraction of sp³-hybridized carbons (Fsp3) is 0.444. The smallest absolute Gasteiger partial charge is 0.197 e. The van der Waals surface area contributed by atoms with Gasteiger partial charge >= 0.3 is 0 Å². The summed E-state index contributed by atoms with van der Waals surface area (Å²) in [6, 6.07) is 8.01. The number of aliphatic hydroxyl groups excluding tert-OH is 5. The van der Waals surface area contributed by atoms with Crippen LogP contribution >= 0.6 is 0 Å². The number of hydrogen-bond donors (Lipinski definition) is 8. The molecule has 0 saturated carbocycles. The van der Waals surface area contributed by atoms with E-state index in [0.717, 1.165) is 12.1 Å². The average Bonchev–Trinajstić information content (AvgIpc) is 2.91. The van der Waals surface area contributed by atoms with E-state index in [1.807, 2.05) is 0 Å². The molecule has 216 valence electrons. The molecule has 3 aromatic rings. The number of phenolic OH excluding ortho intramolecular Hbond substituents is 3. The molecule has 1 aromatic heterocycles. The lowest BCUT2D eigenvalue weighted by Gasteiger charge is -2.46. The van der Waals surface area contributed by atoms with Crippen molar-refractivity contribution >= 4 is 11.0 Å². The molecule has 2 aromatic carbocycles. The van der Waals surface area contributed by atoms with Crippen molar-refractivity contribution in [1.82, 2.24) is 0 Å². The Labute approximate surface area is 226 Å². The standard InChI is InChI=1S/C27H30O13/c1-9-20(32)23(35)26(40-27-24(36)22(34)19(31)10(2)38-27)25(37-9)18-14(30)8-16-17(21(18)33)13(29)7-15(39-16)11-3-5-12(28)6-4-11/h3-10,19-20,22-28,30-36H,1-2H3/t9-,10-,19-,20+,22+,23+,24+,25+,26-,27-/m0/s1. The van der Waals surface area contributed by atoms with Gasteiger partial charge in [0.1, 0.15) is 76.7 Å². The fourth-order valence-electron chi connectivity index (χ4n) is 5.06. The number of fused-ring (bicyclic) bond motifs is 1. The Bertz CT molecular complexity index is 1440. The van der Waals surface area contributed by atoms with E-state index in [1.54, 1.807) is 0 Å². The van der Waals surface area contributed by atoms with Gasteiger partial charge in [0.25, 0.3) is 0 Å². The second-order valence-corrected chi connectivity index (χ2v) is 10.1. The van der Waals surface area contributed by atoms with Gasteiger partial charge in [-0.3, -0.25) is 4.79 Å². The van der Waals surface area contributed by atoms with Crippen LogP contribution in [-0.4, -0.2) is 96.0 Å². The van der Waals surface area contributed by atoms with Gasteiger partial charge < -0.3 is 59.5 Å². The van der Waals surface area contributed by atoms with Crippen LogP contribution in [0.5, 0.6) is 17.2 Å². The first-order valence-electron chi connectivity index (χ1n) is 12.6. The van der Waals surface area contributed by atoms with Crippen molar-refractivity contribution in [2.45, 2.75) is 75.1 Å². The van der Waals surface area contributed by atoms with Gasteiger partial charge in [0.2, 0.25) is 0 Å². The van der Waals surface area contributed by atoms with Crippen LogP contribution in [-0.2, 0) is 14.2 Å². The van der Waals surface area contributed by atoms with Crippen molar-refractivity contribution in [3.05, 3.63) is 52.2 Å². The van der Waals surface area contributed by atoms with E-state index in [2.05, 4.69) is 0 Å². The first-order chi connectivity index (χ1) is 18.9. The summed E-state index contributed by atoms with van der Waals surface area (Å²) in [6.45, 7) is 2.85. The fourth-order valence-corrected chi connectivity index (χ4v) is 5.06. The molecule has 3 heterocycles. The predicted octanol–water partition coefficient (Wildman–Crippen LogP) is -0.0289. The summed E-state index contributed by atoms with van der Waals surface area (Å²) in [5, 5.41) is 83.4. The average molecular weight is 563 g/mol. The summed E-state index contributed by atoms with van der Waals surface area (Å²) >= 11 is 0. The number of benzene rings is 2. The van der Waals surface area contributed by atoms with Crippen LogP contribution < -0.4 is 5.43 Å². The van der Waals surface area contributed by atoms with Crippen molar-refractivity contribution in [3.8, 4) is 28.6 Å². The molecule has 2 fully saturated rings. The van der Waals surface area contributed by atoms with Crippen LogP contribution in [0.4, 0.5) is 0 Å². The topological polar surface area (TPSA) is 220 Å². The number of aromatic hydroxyl groups is 3. The van der Waals surface area contributed by atoms with Gasteiger partial charge in [0.05, 0.1) is 17.8 Å². The van der Waals surface area contributed by atoms with Gasteiger partial charge in [0, 0.05) is 17.7 Å². The number of ether oxygens (including phenoxy) is 3. The zero-order valence-corrected chi connectivity index (χ0v) is 21.4. The SMILES string of the molecule is C[C@@H]1O[C@@H](O[C@H]2[C@H](O)[C@H](O)[C@H](C)O[C@@H]2c2c(O)cc3oc(-c4ccc(O)cc4)cc(=O)c3c2O)[C@H](O)[C@H](O)[C@H]1O. The summed E-state index contributed by atoms with van der Waals surface area (Å²) in [4.78, 5) is 13.1. The molecule has 0 amide bonds. The Kier molecular flexibility index (Phi) is 7.50. The number of hydrogen-bond acceptors (Lipinski definition) is 13. The van der Waals surface area contributed by atoms with E-state index >= 15 is 0 Å². The van der Waals surface area contributed by atoms with Crippen molar-refractivity contribution in [2.24, 2.45) is 0 Å². The molecule has 0 bridgehead atoms. The minimum Gasteiger partial charge on any atom is -0.508 e. The summed E-state index contributed by atoms with van der Waals surface area (Å²) in [7, 11) is 0. The monoisotopic (exact) mass is 562 g/mol. The molecule has 2 saturated heterocycles. The summed E-state index contributed by atoms with van der Waals surface area (Å²) in [5.41, 5.74) is -0.767. The largest absolute Gasteiger partial charge is 0.508 e. The number of phenols is 3. The molecule has 0 aliphatic carbocycles. The van der Waals surface area contributed by atoms with Gasteiger partial charge in [-0.15, -0.1) is 0 Å². The Morgan fingerprint density at radius 2 is 1.40 bits per heavy atom. The van der Waals surface area contributed by atoms with E-state index in [9.17, 15) is 45.6 Å². The second-order valence-electron chi connectivity index (χ2n) is 10.1. The maximum absolute atomic E-state index is 13.1. The lowest BCUT2D eigenvalue weighted by atomic mass is 9.89. The second kappa shape index (κ2) is 10.6. The Morgan fingerprint density at radius 3 is 2.08 bits per heavy atom. The van der Waals surface area contributed by atoms with Crippen molar-refractivity contribution in [2.75, 3.05) is 0 Å². The van der Waals surface area contributed by atoms with E-state index in [4.69, 9.17) is 18.6 Å². The third-order valence-corrected chi connectivity index (χ3v) is 7.37. The molecule has 13 nitrogen and oxygen atoms in total. The van der Waals surface area contributed by atoms with E-state index in [-0.39, 0.29) is 28.0 Å². The van der Waals surface area contributed by atoms with Crippen LogP contribution in [0.1, 0.15) is 25.5 Å². The van der Waals surface area contributed by atoms with E-state index in [0.29, 0.717) is 5.56 Å². The van der Waals surface area contributed by atoms with Gasteiger partial charge in [0.15, 0.2) is 11.7 Å². The summed E-state index contributed by atoms with van der Waals surface area (Å²) in [5.74, 6) is -1.22. The molecule has 40 heavy (non-hydrogen) atoms. The van der Waals surface area contributed by atoms with Gasteiger partial charge in [-0.05, 0) is 38.1 Å². The van der Waals surface area contributed by atoms with Crippen molar-refractivity contribution < 1.29 is 59.5 Å². The zero-order chi connectivity index (χ0) is 29.0. The molecule has 8 N–H and O–H groups in total. The highest BCUT2D eigenvalue weighted by Crippen LogP contribution is 2.46. The lowest BCUT2D eigenvalue weighted by Crippen LogP contribution is -2.61. The number of rotatable bonds is 4. The van der Waals surface area contributed by atoms with Gasteiger partial charge in [-0.2, -0.15) is 0 Å². The molecule has 2 aliphatic heterocycles. The molecule has 0 radical (unpaired) electrons. The van der Waals surface area contributed by atoms with Crippen LogP contribution in [0.25, 0.3) is 22.3 Å². The van der Waals surface area contributed by atoms with Crippen LogP contribution in [0.2, 0.25) is 0 Å². The van der Waals surface area contributed by atoms with Crippen molar-refractivity contribution in [1.29, 1.82) is 0 Å². The third kappa shape index (κ3) is 4.80. The minimum atomic E-state index is -1.76. The highest BCUT2D eigenvalue weighted by Gasteiger charge is 2.50. The molecule has 2 aliphatic rings. The Morgan fingerprint density at radius 1 is 0.775 bits per heavy atom. The zero-order valence-electron chi connectivity index (χ0n) is 21.4. The maximum Gasteiger partial charge on any atom is 0.197 e. The first-order valence-corrected chi connectivity index (χ1v) is 12.6. The minimum absolute atomic E-state index is 0.00361. The third-order valence-electron chi connectivity index (χ3n) is 7.37. The normalized spacial score (nSPS) is 34.7. The van der Waals surface area contributed by atoms with Gasteiger partial charge in [-0.25, -0.2) is 0 Å². The molecule has 5 rings (SSSR count). The van der Waals surface area contributed by atoms with Crippen LogP contribution in [0.3, 0.4) is 0 Å². The predicted molar refractivity (Wildman–Crippen MR) is 135 cm³/mol. The molecule has 13 heteroatoms.